The van der Waals surface area contributed by atoms with Crippen molar-refractivity contribution < 1.29 is 14.3 Å². The molecule has 0 atom stereocenters. The molecule has 1 aromatic carbocycles. The standard InChI is InChI=1S/C11H6FN3O2/c12-9-2-1-6(3-7(9)4-13)10-8(11(16)17)5-14-15-10/h1-3,5H,(H,14,15)(H,16,17). The van der Waals surface area contributed by atoms with E-state index in [-0.39, 0.29) is 16.8 Å². The molecule has 1 heterocycles. The van der Waals surface area contributed by atoms with Gasteiger partial charge >= 0.3 is 5.97 Å². The molecule has 0 amide bonds. The van der Waals surface area contributed by atoms with E-state index in [1.54, 1.807) is 6.07 Å². The van der Waals surface area contributed by atoms with E-state index < -0.39 is 11.8 Å². The highest BCUT2D eigenvalue weighted by molar-refractivity contribution is 5.94. The molecule has 84 valence electrons. The van der Waals surface area contributed by atoms with Crippen LogP contribution < -0.4 is 0 Å². The highest BCUT2D eigenvalue weighted by atomic mass is 19.1. The van der Waals surface area contributed by atoms with Crippen LogP contribution in [0.2, 0.25) is 0 Å². The number of aromatic amines is 1. The fourth-order valence-electron chi connectivity index (χ4n) is 1.43. The predicted octanol–water partition coefficient (Wildman–Crippen LogP) is 1.79. The van der Waals surface area contributed by atoms with Crippen LogP contribution in [-0.4, -0.2) is 21.3 Å². The minimum Gasteiger partial charge on any atom is -0.478 e. The lowest BCUT2D eigenvalue weighted by Crippen LogP contribution is -1.97. The van der Waals surface area contributed by atoms with Crippen molar-refractivity contribution in [1.29, 1.82) is 5.26 Å². The topological polar surface area (TPSA) is 89.8 Å². The zero-order valence-electron chi connectivity index (χ0n) is 8.44. The predicted molar refractivity (Wildman–Crippen MR) is 55.7 cm³/mol. The maximum Gasteiger partial charge on any atom is 0.339 e. The molecule has 1 aromatic heterocycles. The van der Waals surface area contributed by atoms with Gasteiger partial charge in [0.05, 0.1) is 17.5 Å². The Balaban J connectivity index is 2.58. The molecule has 0 radical (unpaired) electrons. The van der Waals surface area contributed by atoms with Crippen molar-refractivity contribution in [2.45, 2.75) is 0 Å². The molecule has 0 spiro atoms. The number of carboxylic acids is 1. The molecule has 0 aliphatic rings. The van der Waals surface area contributed by atoms with E-state index in [9.17, 15) is 9.18 Å². The van der Waals surface area contributed by atoms with E-state index in [0.29, 0.717) is 5.56 Å². The molecule has 0 saturated carbocycles. The Morgan fingerprint density at radius 1 is 1.53 bits per heavy atom. The summed E-state index contributed by atoms with van der Waals surface area (Å²) in [6, 6.07) is 5.46. The summed E-state index contributed by atoms with van der Waals surface area (Å²) in [6.07, 6.45) is 1.16. The number of benzene rings is 1. The van der Waals surface area contributed by atoms with E-state index in [1.165, 1.54) is 12.1 Å². The van der Waals surface area contributed by atoms with Crippen molar-refractivity contribution in [2.75, 3.05) is 0 Å². The minimum atomic E-state index is -1.14. The number of carboxylic acid groups (broad SMARTS) is 1. The van der Waals surface area contributed by atoms with Crippen LogP contribution >= 0.6 is 0 Å². The van der Waals surface area contributed by atoms with Crippen LogP contribution in [0.1, 0.15) is 15.9 Å². The summed E-state index contributed by atoms with van der Waals surface area (Å²) in [5.41, 5.74) is 0.473. The van der Waals surface area contributed by atoms with Crippen molar-refractivity contribution >= 4 is 5.97 Å². The monoisotopic (exact) mass is 231 g/mol. The second-order valence-electron chi connectivity index (χ2n) is 3.27. The van der Waals surface area contributed by atoms with E-state index in [1.807, 2.05) is 0 Å². The Bertz CT molecular complexity index is 628. The summed E-state index contributed by atoms with van der Waals surface area (Å²) in [5, 5.41) is 23.7. The van der Waals surface area contributed by atoms with Crippen LogP contribution in [0.15, 0.2) is 24.4 Å². The van der Waals surface area contributed by atoms with E-state index in [0.717, 1.165) is 12.3 Å². The third kappa shape index (κ3) is 1.86. The Morgan fingerprint density at radius 3 is 2.94 bits per heavy atom. The molecular formula is C11H6FN3O2. The lowest BCUT2D eigenvalue weighted by molar-refractivity contribution is 0.0698. The molecule has 0 fully saturated rings. The van der Waals surface area contributed by atoms with Crippen LogP contribution in [0.25, 0.3) is 11.3 Å². The fourth-order valence-corrected chi connectivity index (χ4v) is 1.43. The van der Waals surface area contributed by atoms with Crippen LogP contribution in [0, 0.1) is 17.1 Å². The molecule has 17 heavy (non-hydrogen) atoms. The summed E-state index contributed by atoms with van der Waals surface area (Å²) < 4.78 is 13.1. The quantitative estimate of drug-likeness (QED) is 0.824. The SMILES string of the molecule is N#Cc1cc(-c2[nH]ncc2C(=O)O)ccc1F. The van der Waals surface area contributed by atoms with Gasteiger partial charge in [-0.3, -0.25) is 5.10 Å². The van der Waals surface area contributed by atoms with Gasteiger partial charge in [-0.1, -0.05) is 0 Å². The smallest absolute Gasteiger partial charge is 0.339 e. The number of nitrogens with one attached hydrogen (secondary N) is 1. The normalized spacial score (nSPS) is 9.88. The van der Waals surface area contributed by atoms with Crippen molar-refractivity contribution in [3.05, 3.63) is 41.3 Å². The largest absolute Gasteiger partial charge is 0.478 e. The molecular weight excluding hydrogens is 225 g/mol. The first-order chi connectivity index (χ1) is 8.13. The fraction of sp³-hybridized carbons (Fsp3) is 0. The molecule has 0 saturated heterocycles. The number of hydrogen-bond acceptors (Lipinski definition) is 3. The summed E-state index contributed by atoms with van der Waals surface area (Å²) >= 11 is 0. The number of rotatable bonds is 2. The van der Waals surface area contributed by atoms with Crippen LogP contribution in [0.5, 0.6) is 0 Å². The van der Waals surface area contributed by atoms with Gasteiger partial charge in [-0.05, 0) is 18.2 Å². The number of halogens is 1. The number of nitrogens with zero attached hydrogens (tertiary/aromatic N) is 2. The van der Waals surface area contributed by atoms with Gasteiger partial charge in [0.1, 0.15) is 17.4 Å². The zero-order chi connectivity index (χ0) is 12.4. The van der Waals surface area contributed by atoms with Gasteiger partial charge in [-0.15, -0.1) is 0 Å². The van der Waals surface area contributed by atoms with Gasteiger partial charge < -0.3 is 5.11 Å². The lowest BCUT2D eigenvalue weighted by atomic mass is 10.1. The average molecular weight is 231 g/mol. The van der Waals surface area contributed by atoms with Gasteiger partial charge in [0, 0.05) is 5.56 Å². The van der Waals surface area contributed by atoms with Gasteiger partial charge in [0.25, 0.3) is 0 Å². The lowest BCUT2D eigenvalue weighted by Gasteiger charge is -2.01. The first-order valence-electron chi connectivity index (χ1n) is 4.60. The minimum absolute atomic E-state index is 0.0273. The van der Waals surface area contributed by atoms with Crippen molar-refractivity contribution in [3.8, 4) is 17.3 Å². The van der Waals surface area contributed by atoms with Crippen LogP contribution in [0.3, 0.4) is 0 Å². The number of nitriles is 1. The molecule has 0 bridgehead atoms. The number of aromatic nitrogens is 2. The molecule has 6 heteroatoms. The summed E-state index contributed by atoms with van der Waals surface area (Å²) in [6.45, 7) is 0. The van der Waals surface area contributed by atoms with Gasteiger partial charge in [-0.2, -0.15) is 10.4 Å². The average Bonchev–Trinajstić information content (AvgIpc) is 2.78. The van der Waals surface area contributed by atoms with Crippen molar-refractivity contribution in [3.63, 3.8) is 0 Å². The Hall–Kier alpha value is -2.68. The van der Waals surface area contributed by atoms with E-state index in [2.05, 4.69) is 10.2 Å². The molecule has 5 nitrogen and oxygen atoms in total. The zero-order valence-corrected chi connectivity index (χ0v) is 8.44. The van der Waals surface area contributed by atoms with E-state index >= 15 is 0 Å². The van der Waals surface area contributed by atoms with Gasteiger partial charge in [-0.25, -0.2) is 9.18 Å². The van der Waals surface area contributed by atoms with E-state index in [4.69, 9.17) is 10.4 Å². The number of aromatic carboxylic acids is 1. The van der Waals surface area contributed by atoms with Gasteiger partial charge in [0.15, 0.2) is 0 Å². The van der Waals surface area contributed by atoms with Crippen molar-refractivity contribution in [2.24, 2.45) is 0 Å². The van der Waals surface area contributed by atoms with Crippen molar-refractivity contribution in [1.82, 2.24) is 10.2 Å². The Kier molecular flexibility index (Phi) is 2.58. The number of carbonyl (C=O) groups is 1. The van der Waals surface area contributed by atoms with Crippen LogP contribution in [-0.2, 0) is 0 Å². The molecule has 0 unspecified atom stereocenters. The Labute approximate surface area is 95.1 Å². The Morgan fingerprint density at radius 2 is 2.29 bits per heavy atom. The maximum atomic E-state index is 13.1. The third-order valence-corrected chi connectivity index (χ3v) is 2.25. The highest BCUT2D eigenvalue weighted by Gasteiger charge is 2.15. The highest BCUT2D eigenvalue weighted by Crippen LogP contribution is 2.23. The first kappa shape index (κ1) is 10.8. The maximum absolute atomic E-state index is 13.1. The van der Waals surface area contributed by atoms with Crippen LogP contribution in [0.4, 0.5) is 4.39 Å². The summed E-state index contributed by atoms with van der Waals surface area (Å²) in [5.74, 6) is -1.79. The number of H-pyrrole nitrogens is 1. The second-order valence-corrected chi connectivity index (χ2v) is 3.27. The molecule has 2 rings (SSSR count). The summed E-state index contributed by atoms with van der Waals surface area (Å²) in [4.78, 5) is 10.9. The van der Waals surface area contributed by atoms with Gasteiger partial charge in [0.2, 0.25) is 0 Å². The molecule has 0 aliphatic carbocycles. The number of hydrogen-bond donors (Lipinski definition) is 2. The molecule has 2 N–H and O–H groups in total. The third-order valence-electron chi connectivity index (χ3n) is 2.25. The second kappa shape index (κ2) is 4.06. The molecule has 2 aromatic rings. The molecule has 0 aliphatic heterocycles. The first-order valence-corrected chi connectivity index (χ1v) is 4.60. The summed E-state index contributed by atoms with van der Waals surface area (Å²) in [7, 11) is 0.